The van der Waals surface area contributed by atoms with Gasteiger partial charge in [-0.25, -0.2) is 9.59 Å². The normalized spacial score (nSPS) is 11.7. The van der Waals surface area contributed by atoms with Crippen molar-refractivity contribution in [2.45, 2.75) is 38.8 Å². The maximum absolute atomic E-state index is 11.5. The summed E-state index contributed by atoms with van der Waals surface area (Å²) in [5.74, 6) is -0.801. The number of esters is 1. The van der Waals surface area contributed by atoms with Crippen LogP contribution < -0.4 is 5.73 Å². The average molecular weight is 309 g/mol. The first-order chi connectivity index (χ1) is 10.6. The van der Waals surface area contributed by atoms with Crippen LogP contribution in [0.3, 0.4) is 0 Å². The summed E-state index contributed by atoms with van der Waals surface area (Å²) in [4.78, 5) is 22.7. The quantitative estimate of drug-likeness (QED) is 0.428. The largest absolute Gasteiger partial charge is 0.516 e. The number of carbonyl (C=O) groups is 2. The Labute approximate surface area is 130 Å². The van der Waals surface area contributed by atoms with Crippen molar-refractivity contribution in [1.82, 2.24) is 0 Å². The van der Waals surface area contributed by atoms with E-state index in [4.69, 9.17) is 15.2 Å². The van der Waals surface area contributed by atoms with Crippen LogP contribution in [0.25, 0.3) is 0 Å². The molecule has 1 rings (SSSR count). The molecular weight excluding hydrogens is 286 g/mol. The summed E-state index contributed by atoms with van der Waals surface area (Å²) in [5, 5.41) is 0. The van der Waals surface area contributed by atoms with Crippen LogP contribution in [-0.2, 0) is 25.6 Å². The van der Waals surface area contributed by atoms with Crippen molar-refractivity contribution in [3.63, 3.8) is 0 Å². The Balaban J connectivity index is 2.14. The van der Waals surface area contributed by atoms with Crippen LogP contribution in [0.1, 0.15) is 31.7 Å². The number of unbranched alkanes of at least 4 members (excludes halogenated alkanes) is 1. The summed E-state index contributed by atoms with van der Waals surface area (Å²) < 4.78 is 14.6. The molecule has 22 heavy (non-hydrogen) atoms. The lowest BCUT2D eigenvalue weighted by molar-refractivity contribution is -0.141. The van der Waals surface area contributed by atoms with Gasteiger partial charge in [-0.1, -0.05) is 43.7 Å². The molecule has 0 spiro atoms. The molecule has 0 heterocycles. The molecule has 1 aromatic rings. The van der Waals surface area contributed by atoms with E-state index in [1.54, 1.807) is 0 Å². The van der Waals surface area contributed by atoms with Gasteiger partial charge >= 0.3 is 12.1 Å². The lowest BCUT2D eigenvalue weighted by atomic mass is 10.2. The Morgan fingerprint density at radius 2 is 1.91 bits per heavy atom. The van der Waals surface area contributed by atoms with Crippen LogP contribution in [0.4, 0.5) is 4.79 Å². The minimum absolute atomic E-state index is 0.234. The molecule has 0 unspecified atom stereocenters. The van der Waals surface area contributed by atoms with Gasteiger partial charge in [-0.15, -0.1) is 0 Å². The summed E-state index contributed by atoms with van der Waals surface area (Å²) >= 11 is 0. The van der Waals surface area contributed by atoms with Crippen molar-refractivity contribution in [2.24, 2.45) is 5.73 Å². The van der Waals surface area contributed by atoms with Gasteiger partial charge in [0.1, 0.15) is 6.04 Å². The van der Waals surface area contributed by atoms with Gasteiger partial charge in [0.2, 0.25) is 0 Å². The Morgan fingerprint density at radius 3 is 2.59 bits per heavy atom. The lowest BCUT2D eigenvalue weighted by Gasteiger charge is -2.10. The summed E-state index contributed by atoms with van der Waals surface area (Å²) in [6.07, 6.45) is 0.884. The smallest absolute Gasteiger partial charge is 0.434 e. The van der Waals surface area contributed by atoms with E-state index in [2.05, 4.69) is 4.74 Å². The van der Waals surface area contributed by atoms with Crippen LogP contribution in [0, 0.1) is 0 Å². The zero-order valence-corrected chi connectivity index (χ0v) is 12.8. The van der Waals surface area contributed by atoms with Crippen molar-refractivity contribution >= 4 is 12.1 Å². The second-order valence-corrected chi connectivity index (χ2v) is 4.81. The van der Waals surface area contributed by atoms with Crippen molar-refractivity contribution < 1.29 is 23.8 Å². The van der Waals surface area contributed by atoms with Crippen LogP contribution in [0.15, 0.2) is 30.3 Å². The first kappa shape index (κ1) is 18.1. The van der Waals surface area contributed by atoms with E-state index in [0.717, 1.165) is 18.4 Å². The Bertz CT molecular complexity index is 449. The van der Waals surface area contributed by atoms with Gasteiger partial charge in [-0.05, 0) is 18.4 Å². The third-order valence-electron chi connectivity index (χ3n) is 2.89. The highest BCUT2D eigenvalue weighted by Crippen LogP contribution is 2.02. The fourth-order valence-electron chi connectivity index (χ4n) is 1.58. The van der Waals surface area contributed by atoms with Gasteiger partial charge in [-0.2, -0.15) is 0 Å². The molecule has 0 fully saturated rings. The molecule has 2 N–H and O–H groups in total. The maximum atomic E-state index is 11.5. The molecular formula is C16H23NO5. The van der Waals surface area contributed by atoms with Crippen molar-refractivity contribution in [3.8, 4) is 0 Å². The standard InChI is InChI=1S/C16H23NO5/c1-2-3-10-21-16(19)22-15(18)14(17)9-11-20-12-13-7-5-4-6-8-13/h4-8,14H,2-3,9-12,17H2,1H3/t14-/m1/s1. The molecule has 0 bridgehead atoms. The third-order valence-corrected chi connectivity index (χ3v) is 2.89. The molecule has 122 valence electrons. The molecule has 1 aromatic carbocycles. The first-order valence-corrected chi connectivity index (χ1v) is 7.39. The molecule has 6 nitrogen and oxygen atoms in total. The molecule has 0 aromatic heterocycles. The zero-order valence-electron chi connectivity index (χ0n) is 12.8. The molecule has 1 atom stereocenters. The highest BCUT2D eigenvalue weighted by molar-refractivity contribution is 5.85. The monoisotopic (exact) mass is 309 g/mol. The highest BCUT2D eigenvalue weighted by atomic mass is 16.7. The number of rotatable bonds is 9. The maximum Gasteiger partial charge on any atom is 0.516 e. The third kappa shape index (κ3) is 7.75. The van der Waals surface area contributed by atoms with Crippen molar-refractivity contribution in [3.05, 3.63) is 35.9 Å². The van der Waals surface area contributed by atoms with Crippen molar-refractivity contribution in [1.29, 1.82) is 0 Å². The van der Waals surface area contributed by atoms with Gasteiger partial charge in [0.05, 0.1) is 13.2 Å². The fourth-order valence-corrected chi connectivity index (χ4v) is 1.58. The first-order valence-electron chi connectivity index (χ1n) is 7.39. The second kappa shape index (κ2) is 10.8. The van der Waals surface area contributed by atoms with Gasteiger partial charge < -0.3 is 19.9 Å². The predicted octanol–water partition coefficient (Wildman–Crippen LogP) is 2.40. The number of hydrogen-bond donors (Lipinski definition) is 1. The number of benzene rings is 1. The molecule has 0 amide bonds. The highest BCUT2D eigenvalue weighted by Gasteiger charge is 2.19. The molecule has 0 aliphatic rings. The SMILES string of the molecule is CCCCOC(=O)OC(=O)[C@H](N)CCOCc1ccccc1. The molecule has 0 saturated carbocycles. The summed E-state index contributed by atoms with van der Waals surface area (Å²) in [5.41, 5.74) is 6.68. The van der Waals surface area contributed by atoms with E-state index in [-0.39, 0.29) is 13.0 Å². The van der Waals surface area contributed by atoms with Crippen LogP contribution >= 0.6 is 0 Å². The fraction of sp³-hybridized carbons (Fsp3) is 0.500. The van der Waals surface area contributed by atoms with Gasteiger partial charge in [0.15, 0.2) is 0 Å². The van der Waals surface area contributed by atoms with E-state index in [1.165, 1.54) is 0 Å². The van der Waals surface area contributed by atoms with Crippen molar-refractivity contribution in [2.75, 3.05) is 13.2 Å². The Kier molecular flexibility index (Phi) is 8.86. The molecule has 0 radical (unpaired) electrons. The summed E-state index contributed by atoms with van der Waals surface area (Å²) in [6.45, 7) is 2.95. The average Bonchev–Trinajstić information content (AvgIpc) is 2.52. The second-order valence-electron chi connectivity index (χ2n) is 4.81. The topological polar surface area (TPSA) is 87.9 Å². The van der Waals surface area contributed by atoms with Crippen LogP contribution in [0.2, 0.25) is 0 Å². The number of nitrogens with two attached hydrogens (primary N) is 1. The van der Waals surface area contributed by atoms with E-state index >= 15 is 0 Å². The van der Waals surface area contributed by atoms with Gasteiger partial charge in [0, 0.05) is 6.61 Å². The van der Waals surface area contributed by atoms with Gasteiger partial charge in [0.25, 0.3) is 0 Å². The predicted molar refractivity (Wildman–Crippen MR) is 81.0 cm³/mol. The van der Waals surface area contributed by atoms with E-state index < -0.39 is 18.2 Å². The summed E-state index contributed by atoms with van der Waals surface area (Å²) in [6, 6.07) is 8.75. The number of hydrogen-bond acceptors (Lipinski definition) is 6. The summed E-state index contributed by atoms with van der Waals surface area (Å²) in [7, 11) is 0. The van der Waals surface area contributed by atoms with Crippen LogP contribution in [-0.4, -0.2) is 31.4 Å². The lowest BCUT2D eigenvalue weighted by Crippen LogP contribution is -2.35. The minimum Gasteiger partial charge on any atom is -0.434 e. The minimum atomic E-state index is -1.00. The zero-order chi connectivity index (χ0) is 16.2. The number of ether oxygens (including phenoxy) is 3. The molecule has 0 aliphatic carbocycles. The molecule has 0 aliphatic heterocycles. The molecule has 0 saturated heterocycles. The van der Waals surface area contributed by atoms with Crippen LogP contribution in [0.5, 0.6) is 0 Å². The Hall–Kier alpha value is -1.92. The van der Waals surface area contributed by atoms with Gasteiger partial charge in [-0.3, -0.25) is 0 Å². The molecule has 6 heteroatoms. The van der Waals surface area contributed by atoms with E-state index in [1.807, 2.05) is 37.3 Å². The number of carbonyl (C=O) groups excluding carboxylic acids is 2. The van der Waals surface area contributed by atoms with E-state index in [9.17, 15) is 9.59 Å². The Morgan fingerprint density at radius 1 is 1.18 bits per heavy atom. The van der Waals surface area contributed by atoms with E-state index in [0.29, 0.717) is 13.2 Å².